The van der Waals surface area contributed by atoms with E-state index in [0.717, 1.165) is 39.4 Å². The van der Waals surface area contributed by atoms with Crippen LogP contribution in [-0.4, -0.2) is 35.4 Å². The Morgan fingerprint density at radius 2 is 2.04 bits per heavy atom. The molecule has 1 aromatic carbocycles. The number of carbonyl (C=O) groups excluding carboxylic acids is 2. The third-order valence-corrected chi connectivity index (χ3v) is 5.60. The predicted molar refractivity (Wildman–Crippen MR) is 102 cm³/mol. The number of hydrogen-bond acceptors (Lipinski definition) is 4. The van der Waals surface area contributed by atoms with Gasteiger partial charge in [-0.3, -0.25) is 14.9 Å². The van der Waals surface area contributed by atoms with E-state index in [4.69, 9.17) is 12.2 Å². The van der Waals surface area contributed by atoms with Gasteiger partial charge in [0.15, 0.2) is 5.11 Å². The summed E-state index contributed by atoms with van der Waals surface area (Å²) in [6, 6.07) is 9.99. The first-order valence-electron chi connectivity index (χ1n) is 7.84. The minimum atomic E-state index is -0.212. The minimum absolute atomic E-state index is 0.0821. The van der Waals surface area contributed by atoms with Gasteiger partial charge >= 0.3 is 0 Å². The summed E-state index contributed by atoms with van der Waals surface area (Å²) >= 11 is 6.53. The molecule has 0 bridgehead atoms. The first kappa shape index (κ1) is 16.0. The molecule has 126 valence electrons. The summed E-state index contributed by atoms with van der Waals surface area (Å²) in [5.41, 5.74) is 3.43. The number of carbonyl (C=O) groups is 2. The summed E-state index contributed by atoms with van der Waals surface area (Å²) in [5, 5.41) is 5.73. The monoisotopic (exact) mass is 369 g/mol. The Bertz CT molecular complexity index is 946. The van der Waals surface area contributed by atoms with Crippen molar-refractivity contribution < 1.29 is 9.59 Å². The number of nitrogens with one attached hydrogen (secondary N) is 2. The summed E-state index contributed by atoms with van der Waals surface area (Å²) in [6.07, 6.45) is 2.66. The van der Waals surface area contributed by atoms with Crippen molar-refractivity contribution in [3.05, 3.63) is 52.0 Å². The van der Waals surface area contributed by atoms with Crippen molar-refractivity contribution in [3.8, 4) is 10.4 Å². The second-order valence-electron chi connectivity index (χ2n) is 6.02. The largest absolute Gasteiger partial charge is 0.341 e. The maximum atomic E-state index is 12.2. The maximum Gasteiger partial charge on any atom is 0.273 e. The van der Waals surface area contributed by atoms with Crippen LogP contribution >= 0.6 is 23.6 Å². The number of thiophene rings is 1. The lowest BCUT2D eigenvalue weighted by Gasteiger charge is -2.25. The second kappa shape index (κ2) is 6.09. The number of benzene rings is 1. The van der Waals surface area contributed by atoms with Gasteiger partial charge in [-0.25, -0.2) is 0 Å². The fraction of sp³-hybridized carbons (Fsp3) is 0.167. The molecule has 5 nitrogen and oxygen atoms in total. The van der Waals surface area contributed by atoms with E-state index in [1.807, 2.05) is 31.3 Å². The molecule has 1 aromatic heterocycles. The van der Waals surface area contributed by atoms with E-state index in [1.54, 1.807) is 22.3 Å². The Hall–Kier alpha value is -2.51. The molecule has 1 saturated heterocycles. The van der Waals surface area contributed by atoms with Crippen molar-refractivity contribution in [1.82, 2.24) is 15.5 Å². The molecule has 2 aromatic rings. The highest BCUT2D eigenvalue weighted by atomic mass is 32.1. The molecule has 0 saturated carbocycles. The molecule has 2 aliphatic heterocycles. The van der Waals surface area contributed by atoms with Crippen LogP contribution in [0.3, 0.4) is 0 Å². The van der Waals surface area contributed by atoms with Crippen LogP contribution in [0.5, 0.6) is 0 Å². The molecule has 0 radical (unpaired) electrons. The first-order valence-corrected chi connectivity index (χ1v) is 9.06. The molecule has 2 amide bonds. The van der Waals surface area contributed by atoms with Crippen LogP contribution in [0, 0.1) is 0 Å². The third-order valence-electron chi connectivity index (χ3n) is 4.32. The van der Waals surface area contributed by atoms with E-state index in [9.17, 15) is 9.59 Å². The third kappa shape index (κ3) is 2.96. The maximum absolute atomic E-state index is 12.2. The average molecular weight is 369 g/mol. The summed E-state index contributed by atoms with van der Waals surface area (Å²) in [4.78, 5) is 27.7. The number of fused-ring (bicyclic) bond motifs is 1. The van der Waals surface area contributed by atoms with Crippen LogP contribution in [0.2, 0.25) is 0 Å². The first-order chi connectivity index (χ1) is 12.0. The Morgan fingerprint density at radius 3 is 2.80 bits per heavy atom. The molecule has 3 heterocycles. The van der Waals surface area contributed by atoms with Crippen LogP contribution in [0.15, 0.2) is 36.0 Å². The molecule has 0 atom stereocenters. The molecule has 0 unspecified atom stereocenters. The SMILES string of the molecule is CN1CCc2cc(-c3ccc(/C=C4/NC(=S)NC4=O)s3)ccc2C1=O. The van der Waals surface area contributed by atoms with Crippen molar-refractivity contribution in [3.63, 3.8) is 0 Å². The number of rotatable bonds is 2. The molecule has 2 N–H and O–H groups in total. The van der Waals surface area contributed by atoms with Crippen molar-refractivity contribution in [2.45, 2.75) is 6.42 Å². The Labute approximate surface area is 154 Å². The van der Waals surface area contributed by atoms with Gasteiger partial charge in [-0.2, -0.15) is 0 Å². The number of likely N-dealkylation sites (N-methyl/N-ethyl adjacent to an activating group) is 1. The van der Waals surface area contributed by atoms with Crippen LogP contribution in [-0.2, 0) is 11.2 Å². The van der Waals surface area contributed by atoms with Gasteiger partial charge in [-0.05, 0) is 60.1 Å². The highest BCUT2D eigenvalue weighted by Crippen LogP contribution is 2.32. The molecule has 1 fully saturated rings. The normalized spacial score (nSPS) is 18.4. The summed E-state index contributed by atoms with van der Waals surface area (Å²) in [7, 11) is 1.83. The van der Waals surface area contributed by atoms with E-state index >= 15 is 0 Å². The average Bonchev–Trinajstić information content (AvgIpc) is 3.18. The highest BCUT2D eigenvalue weighted by Gasteiger charge is 2.22. The minimum Gasteiger partial charge on any atom is -0.341 e. The molecule has 0 aliphatic carbocycles. The van der Waals surface area contributed by atoms with Gasteiger partial charge in [0.05, 0.1) is 0 Å². The number of thiocarbonyl (C=S) groups is 1. The molecule has 4 rings (SSSR count). The van der Waals surface area contributed by atoms with Crippen LogP contribution < -0.4 is 10.6 Å². The Balaban J connectivity index is 1.63. The molecular formula is C18H15N3O2S2. The van der Waals surface area contributed by atoms with E-state index in [2.05, 4.69) is 16.7 Å². The lowest BCUT2D eigenvalue weighted by atomic mass is 9.96. The highest BCUT2D eigenvalue weighted by molar-refractivity contribution is 7.80. The smallest absolute Gasteiger partial charge is 0.273 e. The second-order valence-corrected chi connectivity index (χ2v) is 7.54. The molecule has 2 aliphatic rings. The van der Waals surface area contributed by atoms with Gasteiger partial charge in [0.25, 0.3) is 11.8 Å². The Kier molecular flexibility index (Phi) is 3.89. The number of hydrogen-bond donors (Lipinski definition) is 2. The fourth-order valence-corrected chi connectivity index (χ4v) is 4.12. The van der Waals surface area contributed by atoms with E-state index < -0.39 is 0 Å². The van der Waals surface area contributed by atoms with Gasteiger partial charge < -0.3 is 10.2 Å². The van der Waals surface area contributed by atoms with Gasteiger partial charge in [-0.1, -0.05) is 6.07 Å². The zero-order chi connectivity index (χ0) is 17.6. The molecule has 0 spiro atoms. The molecule has 7 heteroatoms. The Morgan fingerprint density at radius 1 is 1.20 bits per heavy atom. The summed E-state index contributed by atoms with van der Waals surface area (Å²) in [6.45, 7) is 0.748. The van der Waals surface area contributed by atoms with Gasteiger partial charge in [0.2, 0.25) is 0 Å². The van der Waals surface area contributed by atoms with Crippen LogP contribution in [0.4, 0.5) is 0 Å². The van der Waals surface area contributed by atoms with E-state index in [-0.39, 0.29) is 11.8 Å². The lowest BCUT2D eigenvalue weighted by Crippen LogP contribution is -2.34. The number of nitrogens with zero attached hydrogens (tertiary/aromatic N) is 1. The van der Waals surface area contributed by atoms with Crippen molar-refractivity contribution in [1.29, 1.82) is 0 Å². The summed E-state index contributed by atoms with van der Waals surface area (Å²) in [5.74, 6) is -0.130. The summed E-state index contributed by atoms with van der Waals surface area (Å²) < 4.78 is 0. The molecule has 25 heavy (non-hydrogen) atoms. The topological polar surface area (TPSA) is 61.4 Å². The zero-order valence-corrected chi connectivity index (χ0v) is 15.1. The van der Waals surface area contributed by atoms with Gasteiger partial charge in [0.1, 0.15) is 5.70 Å². The molecular weight excluding hydrogens is 354 g/mol. The fourth-order valence-electron chi connectivity index (χ4n) is 2.97. The van der Waals surface area contributed by atoms with E-state index in [0.29, 0.717) is 10.8 Å². The lowest BCUT2D eigenvalue weighted by molar-refractivity contribution is -0.115. The zero-order valence-electron chi connectivity index (χ0n) is 13.5. The van der Waals surface area contributed by atoms with E-state index in [1.165, 1.54) is 0 Å². The van der Waals surface area contributed by atoms with Crippen LogP contribution in [0.25, 0.3) is 16.5 Å². The predicted octanol–water partition coefficient (Wildman–Crippen LogP) is 2.39. The van der Waals surface area contributed by atoms with Crippen molar-refractivity contribution in [2.24, 2.45) is 0 Å². The van der Waals surface area contributed by atoms with Gasteiger partial charge in [-0.15, -0.1) is 11.3 Å². The van der Waals surface area contributed by atoms with Crippen molar-refractivity contribution >= 4 is 46.6 Å². The van der Waals surface area contributed by atoms with Crippen LogP contribution in [0.1, 0.15) is 20.8 Å². The number of amides is 2. The van der Waals surface area contributed by atoms with Crippen molar-refractivity contribution in [2.75, 3.05) is 13.6 Å². The standard InChI is InChI=1S/C18H15N3O2S2/c1-21-7-6-10-8-11(2-4-13(10)17(21)23)15-5-3-12(25-15)9-14-16(22)20-18(24)19-14/h2-5,8-9H,6-7H2,1H3,(H2,19,20,22,24)/b14-9+. The quantitative estimate of drug-likeness (QED) is 0.630. The van der Waals surface area contributed by atoms with Gasteiger partial charge in [0, 0.05) is 28.9 Å².